The van der Waals surface area contributed by atoms with Crippen LogP contribution in [0, 0.1) is 6.92 Å². The summed E-state index contributed by atoms with van der Waals surface area (Å²) in [6.07, 6.45) is 0.809. The van der Waals surface area contributed by atoms with Crippen LogP contribution < -0.4 is 10.6 Å². The van der Waals surface area contributed by atoms with Gasteiger partial charge in [0.2, 0.25) is 11.7 Å². The van der Waals surface area contributed by atoms with Gasteiger partial charge in [-0.25, -0.2) is 4.79 Å². The third kappa shape index (κ3) is 4.14. The van der Waals surface area contributed by atoms with Crippen LogP contribution in [0.2, 0.25) is 0 Å². The van der Waals surface area contributed by atoms with Crippen molar-refractivity contribution < 1.29 is 23.5 Å². The van der Waals surface area contributed by atoms with Gasteiger partial charge in [0, 0.05) is 22.9 Å². The number of aryl methyl sites for hydroxylation is 1. The quantitative estimate of drug-likeness (QED) is 0.612. The highest BCUT2D eigenvalue weighted by molar-refractivity contribution is 6.08. The highest BCUT2D eigenvalue weighted by Crippen LogP contribution is 2.31. The number of esters is 1. The molecule has 0 radical (unpaired) electrons. The van der Waals surface area contributed by atoms with E-state index in [2.05, 4.69) is 10.6 Å². The number of nitrogens with one attached hydrogen (secondary N) is 2. The van der Waals surface area contributed by atoms with Gasteiger partial charge in [-0.3, -0.25) is 9.59 Å². The lowest BCUT2D eigenvalue weighted by Crippen LogP contribution is -2.38. The lowest BCUT2D eigenvalue weighted by atomic mass is 10.1. The van der Waals surface area contributed by atoms with Gasteiger partial charge in [-0.1, -0.05) is 43.3 Å². The van der Waals surface area contributed by atoms with Gasteiger partial charge in [-0.2, -0.15) is 0 Å². The van der Waals surface area contributed by atoms with Crippen molar-refractivity contribution in [3.63, 3.8) is 0 Å². The number of rotatable bonds is 7. The lowest BCUT2D eigenvalue weighted by Gasteiger charge is -2.06. The first-order valence-electron chi connectivity index (χ1n) is 9.12. The van der Waals surface area contributed by atoms with Crippen LogP contribution in [0.5, 0.6) is 0 Å². The molecule has 0 fully saturated rings. The molecule has 7 nitrogen and oxygen atoms in total. The van der Waals surface area contributed by atoms with Crippen molar-refractivity contribution in [3.8, 4) is 0 Å². The topological polar surface area (TPSA) is 97.6 Å². The predicted molar refractivity (Wildman–Crippen MR) is 105 cm³/mol. The number of amides is 2. The largest absolute Gasteiger partial charge is 0.450 e. The van der Waals surface area contributed by atoms with E-state index in [9.17, 15) is 14.4 Å². The molecule has 0 saturated heterocycles. The maximum absolute atomic E-state index is 12.4. The molecule has 0 spiro atoms. The van der Waals surface area contributed by atoms with Gasteiger partial charge < -0.3 is 19.8 Å². The molecule has 28 heavy (non-hydrogen) atoms. The van der Waals surface area contributed by atoms with E-state index in [0.29, 0.717) is 17.7 Å². The number of hydrogen-bond donors (Lipinski definition) is 2. The van der Waals surface area contributed by atoms with Crippen LogP contribution >= 0.6 is 0 Å². The highest BCUT2D eigenvalue weighted by atomic mass is 16.5. The van der Waals surface area contributed by atoms with E-state index >= 15 is 0 Å². The number of fused-ring (bicyclic) bond motifs is 3. The Morgan fingerprint density at radius 2 is 1.79 bits per heavy atom. The number of carbonyl (C=O) groups is 3. The van der Waals surface area contributed by atoms with Gasteiger partial charge >= 0.3 is 5.97 Å². The van der Waals surface area contributed by atoms with Crippen LogP contribution in [0.15, 0.2) is 40.8 Å². The summed E-state index contributed by atoms with van der Waals surface area (Å²) < 4.78 is 10.8. The molecule has 1 heterocycles. The molecule has 2 aromatic carbocycles. The fourth-order valence-electron chi connectivity index (χ4n) is 2.90. The molecule has 2 N–H and O–H groups in total. The molecule has 0 bridgehead atoms. The summed E-state index contributed by atoms with van der Waals surface area (Å²) in [7, 11) is 0. The molecular weight excluding hydrogens is 360 g/mol. The first kappa shape index (κ1) is 19.4. The molecule has 2 amide bonds. The summed E-state index contributed by atoms with van der Waals surface area (Å²) in [5.74, 6) is -1.50. The van der Waals surface area contributed by atoms with E-state index in [0.717, 1.165) is 22.6 Å². The van der Waals surface area contributed by atoms with Crippen LogP contribution in [0.3, 0.4) is 0 Å². The van der Waals surface area contributed by atoms with Crippen molar-refractivity contribution in [2.45, 2.75) is 20.3 Å². The molecule has 3 aromatic rings. The molecule has 3 rings (SSSR count). The average Bonchev–Trinajstić information content (AvgIpc) is 3.06. The van der Waals surface area contributed by atoms with Gasteiger partial charge in [0.25, 0.3) is 5.91 Å². The van der Waals surface area contributed by atoms with Crippen molar-refractivity contribution in [1.82, 2.24) is 10.6 Å². The van der Waals surface area contributed by atoms with E-state index in [1.807, 2.05) is 43.3 Å². The average molecular weight is 382 g/mol. The molecule has 0 saturated carbocycles. The van der Waals surface area contributed by atoms with Gasteiger partial charge in [0.1, 0.15) is 5.58 Å². The summed E-state index contributed by atoms with van der Waals surface area (Å²) in [6, 6.07) is 11.6. The van der Waals surface area contributed by atoms with Crippen LogP contribution in [-0.2, 0) is 14.3 Å². The number of hydrogen-bond acceptors (Lipinski definition) is 5. The van der Waals surface area contributed by atoms with Crippen molar-refractivity contribution in [3.05, 3.63) is 47.7 Å². The highest BCUT2D eigenvalue weighted by Gasteiger charge is 2.21. The molecule has 0 atom stereocenters. The summed E-state index contributed by atoms with van der Waals surface area (Å²) in [5.41, 5.74) is 1.27. The smallest absolute Gasteiger partial charge is 0.375 e. The molecule has 1 aromatic heterocycles. The Bertz CT molecular complexity index is 1040. The predicted octanol–water partition coefficient (Wildman–Crippen LogP) is 2.69. The SMILES string of the molecule is CCCNC(=O)CNC(=O)COC(=O)c1oc2c(ccc3ccccc32)c1C. The zero-order valence-electron chi connectivity index (χ0n) is 15.8. The zero-order chi connectivity index (χ0) is 20.1. The van der Waals surface area contributed by atoms with Crippen LogP contribution in [0.1, 0.15) is 29.5 Å². The molecule has 0 unspecified atom stereocenters. The van der Waals surface area contributed by atoms with Gasteiger partial charge in [0.05, 0.1) is 6.54 Å². The Kier molecular flexibility index (Phi) is 5.93. The molecular formula is C21H22N2O5. The minimum atomic E-state index is -0.719. The van der Waals surface area contributed by atoms with Crippen LogP contribution in [-0.4, -0.2) is 37.5 Å². The molecule has 0 aliphatic heterocycles. The number of carbonyl (C=O) groups excluding carboxylic acids is 3. The fourth-order valence-corrected chi connectivity index (χ4v) is 2.90. The summed E-state index contributed by atoms with van der Waals surface area (Å²) in [5, 5.41) is 7.77. The van der Waals surface area contributed by atoms with E-state index < -0.39 is 18.5 Å². The Balaban J connectivity index is 1.65. The van der Waals surface area contributed by atoms with Crippen molar-refractivity contribution in [1.29, 1.82) is 0 Å². The fraction of sp³-hybridized carbons (Fsp3) is 0.286. The summed E-state index contributed by atoms with van der Waals surface area (Å²) in [6.45, 7) is 3.60. The summed E-state index contributed by atoms with van der Waals surface area (Å²) in [4.78, 5) is 35.6. The normalized spacial score (nSPS) is 10.8. The first-order valence-corrected chi connectivity index (χ1v) is 9.12. The molecule has 7 heteroatoms. The van der Waals surface area contributed by atoms with Crippen molar-refractivity contribution in [2.24, 2.45) is 0 Å². The maximum atomic E-state index is 12.4. The Morgan fingerprint density at radius 1 is 1.00 bits per heavy atom. The standard InChI is InChI=1S/C21H22N2O5/c1-3-10-22-17(24)11-23-18(25)12-27-21(26)19-13(2)15-9-8-14-6-4-5-7-16(14)20(15)28-19/h4-9H,3,10-12H2,1-2H3,(H,22,24)(H,23,25). The molecule has 0 aliphatic carbocycles. The summed E-state index contributed by atoms with van der Waals surface area (Å²) >= 11 is 0. The van der Waals surface area contributed by atoms with Crippen molar-refractivity contribution >= 4 is 39.5 Å². The van der Waals surface area contributed by atoms with E-state index in [1.165, 1.54) is 0 Å². The number of furan rings is 1. The maximum Gasteiger partial charge on any atom is 0.375 e. The van der Waals surface area contributed by atoms with Gasteiger partial charge in [-0.15, -0.1) is 0 Å². The zero-order valence-corrected chi connectivity index (χ0v) is 15.8. The molecule has 146 valence electrons. The Hall–Kier alpha value is -3.35. The molecule has 0 aliphatic rings. The second kappa shape index (κ2) is 8.56. The van der Waals surface area contributed by atoms with Crippen molar-refractivity contribution in [2.75, 3.05) is 19.7 Å². The second-order valence-electron chi connectivity index (χ2n) is 6.42. The second-order valence-corrected chi connectivity index (χ2v) is 6.42. The van der Waals surface area contributed by atoms with Gasteiger partial charge in [0.15, 0.2) is 6.61 Å². The number of benzene rings is 2. The van der Waals surface area contributed by atoms with Gasteiger partial charge in [-0.05, 0) is 18.7 Å². The van der Waals surface area contributed by atoms with E-state index in [4.69, 9.17) is 9.15 Å². The third-order valence-electron chi connectivity index (χ3n) is 4.37. The van der Waals surface area contributed by atoms with Crippen LogP contribution in [0.25, 0.3) is 21.7 Å². The Labute approximate surface area is 162 Å². The monoisotopic (exact) mass is 382 g/mol. The van der Waals surface area contributed by atoms with E-state index in [-0.39, 0.29) is 18.2 Å². The van der Waals surface area contributed by atoms with Crippen LogP contribution in [0.4, 0.5) is 0 Å². The first-order chi connectivity index (χ1) is 13.5. The Morgan fingerprint density at radius 3 is 2.57 bits per heavy atom. The minimum absolute atomic E-state index is 0.0693. The lowest BCUT2D eigenvalue weighted by molar-refractivity contribution is -0.127. The van der Waals surface area contributed by atoms with E-state index in [1.54, 1.807) is 6.92 Å². The minimum Gasteiger partial charge on any atom is -0.450 e. The third-order valence-corrected chi connectivity index (χ3v) is 4.37. The number of ether oxygens (including phenoxy) is 1.